The molecule has 1 aliphatic carbocycles. The fraction of sp³-hybridized carbons (Fsp3) is 0.333. The number of carbonyl (C=O) groups is 1. The van der Waals surface area contributed by atoms with Crippen LogP contribution in [0.2, 0.25) is 0 Å². The molecule has 116 valence electrons. The van der Waals surface area contributed by atoms with Gasteiger partial charge in [-0.1, -0.05) is 12.1 Å². The number of anilines is 1. The predicted molar refractivity (Wildman–Crippen MR) is 80.8 cm³/mol. The van der Waals surface area contributed by atoms with Gasteiger partial charge in [-0.05, 0) is 25.3 Å². The van der Waals surface area contributed by atoms with Crippen LogP contribution >= 0.6 is 11.3 Å². The molecule has 0 radical (unpaired) electrons. The van der Waals surface area contributed by atoms with Crippen LogP contribution in [0.4, 0.5) is 13.9 Å². The third-order valence-corrected chi connectivity index (χ3v) is 4.64. The number of halogens is 2. The monoisotopic (exact) mass is 323 g/mol. The molecule has 22 heavy (non-hydrogen) atoms. The van der Waals surface area contributed by atoms with Crippen LogP contribution in [0.15, 0.2) is 18.2 Å². The highest BCUT2D eigenvalue weighted by molar-refractivity contribution is 7.15. The SMILES string of the molecule is N[C@H]1CCc2nc(NC(=O)Cc3cccc(F)c3F)sc2C1. The van der Waals surface area contributed by atoms with E-state index in [0.717, 1.165) is 35.9 Å². The van der Waals surface area contributed by atoms with Crippen molar-refractivity contribution in [3.05, 3.63) is 46.0 Å². The molecule has 1 aromatic carbocycles. The average molecular weight is 323 g/mol. The Kier molecular flexibility index (Phi) is 4.17. The molecule has 0 saturated heterocycles. The lowest BCUT2D eigenvalue weighted by Gasteiger charge is -2.15. The van der Waals surface area contributed by atoms with E-state index in [9.17, 15) is 13.6 Å². The lowest BCUT2D eigenvalue weighted by atomic mass is 9.99. The molecule has 4 nitrogen and oxygen atoms in total. The number of hydrogen-bond acceptors (Lipinski definition) is 4. The van der Waals surface area contributed by atoms with Crippen molar-refractivity contribution in [3.63, 3.8) is 0 Å². The van der Waals surface area contributed by atoms with Crippen molar-refractivity contribution in [2.24, 2.45) is 5.73 Å². The van der Waals surface area contributed by atoms with E-state index in [0.29, 0.717) is 5.13 Å². The topological polar surface area (TPSA) is 68.0 Å². The summed E-state index contributed by atoms with van der Waals surface area (Å²) >= 11 is 1.39. The van der Waals surface area contributed by atoms with E-state index in [1.807, 2.05) is 0 Å². The van der Waals surface area contributed by atoms with Crippen molar-refractivity contribution < 1.29 is 13.6 Å². The lowest BCUT2D eigenvalue weighted by Crippen LogP contribution is -2.27. The van der Waals surface area contributed by atoms with Gasteiger partial charge in [-0.15, -0.1) is 11.3 Å². The number of carbonyl (C=O) groups excluding carboxylic acids is 1. The van der Waals surface area contributed by atoms with Gasteiger partial charge in [0.2, 0.25) is 5.91 Å². The van der Waals surface area contributed by atoms with E-state index in [1.165, 1.54) is 23.5 Å². The summed E-state index contributed by atoms with van der Waals surface area (Å²) in [5.74, 6) is -2.36. The third-order valence-electron chi connectivity index (χ3n) is 3.61. The fourth-order valence-corrected chi connectivity index (χ4v) is 3.59. The maximum Gasteiger partial charge on any atom is 0.230 e. The number of nitrogens with one attached hydrogen (secondary N) is 1. The minimum Gasteiger partial charge on any atom is -0.327 e. The smallest absolute Gasteiger partial charge is 0.230 e. The minimum absolute atomic E-state index is 0.0286. The molecule has 0 bridgehead atoms. The molecule has 3 N–H and O–H groups in total. The van der Waals surface area contributed by atoms with E-state index < -0.39 is 17.5 Å². The second kappa shape index (κ2) is 6.10. The maximum absolute atomic E-state index is 13.5. The highest BCUT2D eigenvalue weighted by Gasteiger charge is 2.21. The number of rotatable bonds is 3. The van der Waals surface area contributed by atoms with Gasteiger partial charge in [0.15, 0.2) is 16.8 Å². The summed E-state index contributed by atoms with van der Waals surface area (Å²) in [7, 11) is 0. The van der Waals surface area contributed by atoms with Gasteiger partial charge in [0.1, 0.15) is 0 Å². The van der Waals surface area contributed by atoms with E-state index >= 15 is 0 Å². The minimum atomic E-state index is -0.984. The average Bonchev–Trinajstić information content (AvgIpc) is 2.85. The van der Waals surface area contributed by atoms with Crippen molar-refractivity contribution in [2.45, 2.75) is 31.7 Å². The summed E-state index contributed by atoms with van der Waals surface area (Å²) in [4.78, 5) is 17.4. The molecule has 1 atom stereocenters. The Bertz CT molecular complexity index is 717. The predicted octanol–water partition coefficient (Wildman–Crippen LogP) is 2.42. The fourth-order valence-electron chi connectivity index (χ4n) is 2.48. The Morgan fingerprint density at radius 2 is 2.27 bits per heavy atom. The van der Waals surface area contributed by atoms with Crippen LogP contribution in [0.25, 0.3) is 0 Å². The molecular weight excluding hydrogens is 308 g/mol. The second-order valence-electron chi connectivity index (χ2n) is 5.33. The van der Waals surface area contributed by atoms with E-state index in [-0.39, 0.29) is 18.0 Å². The van der Waals surface area contributed by atoms with Gasteiger partial charge in [-0.2, -0.15) is 0 Å². The maximum atomic E-state index is 13.5. The van der Waals surface area contributed by atoms with Crippen LogP contribution in [0.5, 0.6) is 0 Å². The largest absolute Gasteiger partial charge is 0.327 e. The molecule has 1 heterocycles. The number of fused-ring (bicyclic) bond motifs is 1. The first-order valence-corrected chi connectivity index (χ1v) is 7.81. The number of aromatic nitrogens is 1. The van der Waals surface area contributed by atoms with Crippen LogP contribution in [0, 0.1) is 11.6 Å². The number of benzene rings is 1. The summed E-state index contributed by atoms with van der Waals surface area (Å²) in [5, 5.41) is 3.13. The molecule has 0 aliphatic heterocycles. The van der Waals surface area contributed by atoms with Crippen molar-refractivity contribution in [2.75, 3.05) is 5.32 Å². The molecule has 1 aliphatic rings. The molecular formula is C15H15F2N3OS. The first-order chi connectivity index (χ1) is 10.5. The van der Waals surface area contributed by atoms with Crippen LogP contribution in [-0.4, -0.2) is 16.9 Å². The Hall–Kier alpha value is -1.86. The van der Waals surface area contributed by atoms with Crippen molar-refractivity contribution in [1.29, 1.82) is 0 Å². The molecule has 0 saturated carbocycles. The zero-order chi connectivity index (χ0) is 15.7. The van der Waals surface area contributed by atoms with Gasteiger partial charge in [-0.3, -0.25) is 4.79 Å². The molecule has 3 rings (SSSR count). The Balaban J connectivity index is 1.68. The highest BCUT2D eigenvalue weighted by Crippen LogP contribution is 2.29. The lowest BCUT2D eigenvalue weighted by molar-refractivity contribution is -0.115. The normalized spacial score (nSPS) is 17.1. The molecule has 0 spiro atoms. The van der Waals surface area contributed by atoms with Crippen LogP contribution in [0.3, 0.4) is 0 Å². The zero-order valence-corrected chi connectivity index (χ0v) is 12.6. The van der Waals surface area contributed by atoms with E-state index in [1.54, 1.807) is 0 Å². The third kappa shape index (κ3) is 3.15. The van der Waals surface area contributed by atoms with Gasteiger partial charge in [0.25, 0.3) is 0 Å². The second-order valence-corrected chi connectivity index (χ2v) is 6.41. The molecule has 2 aromatic rings. The van der Waals surface area contributed by atoms with Gasteiger partial charge < -0.3 is 11.1 Å². The van der Waals surface area contributed by atoms with Crippen molar-refractivity contribution in [1.82, 2.24) is 4.98 Å². The summed E-state index contributed by atoms with van der Waals surface area (Å²) in [6.45, 7) is 0. The zero-order valence-electron chi connectivity index (χ0n) is 11.7. The first kappa shape index (κ1) is 15.1. The van der Waals surface area contributed by atoms with Gasteiger partial charge in [0.05, 0.1) is 12.1 Å². The quantitative estimate of drug-likeness (QED) is 0.911. The van der Waals surface area contributed by atoms with Gasteiger partial charge in [0, 0.05) is 16.5 Å². The summed E-state index contributed by atoms with van der Waals surface area (Å²) in [5.41, 5.74) is 6.91. The molecule has 1 aromatic heterocycles. The highest BCUT2D eigenvalue weighted by atomic mass is 32.1. The van der Waals surface area contributed by atoms with Gasteiger partial charge in [-0.25, -0.2) is 13.8 Å². The first-order valence-electron chi connectivity index (χ1n) is 7.00. The van der Waals surface area contributed by atoms with Gasteiger partial charge >= 0.3 is 0 Å². The summed E-state index contributed by atoms with van der Waals surface area (Å²) < 4.78 is 26.7. The summed E-state index contributed by atoms with van der Waals surface area (Å²) in [6.07, 6.45) is 2.23. The number of aryl methyl sites for hydroxylation is 1. The molecule has 1 amide bonds. The number of thiazole rings is 1. The van der Waals surface area contributed by atoms with Crippen molar-refractivity contribution >= 4 is 22.4 Å². The molecule has 0 unspecified atom stereocenters. The van der Waals surface area contributed by atoms with Crippen LogP contribution in [0.1, 0.15) is 22.6 Å². The Labute approximate surface area is 130 Å². The Morgan fingerprint density at radius 3 is 3.09 bits per heavy atom. The standard InChI is InChI=1S/C15H15F2N3OS/c16-10-3-1-2-8(14(10)17)6-13(21)20-15-19-11-5-4-9(18)7-12(11)22-15/h1-3,9H,4-7,18H2,(H,19,20,21)/t9-/m0/s1. The van der Waals surface area contributed by atoms with Crippen molar-refractivity contribution in [3.8, 4) is 0 Å². The number of nitrogens with zero attached hydrogens (tertiary/aromatic N) is 1. The summed E-state index contributed by atoms with van der Waals surface area (Å²) in [6, 6.07) is 3.93. The number of nitrogens with two attached hydrogens (primary N) is 1. The number of amides is 1. The van der Waals surface area contributed by atoms with E-state index in [4.69, 9.17) is 5.73 Å². The molecule has 7 heteroatoms. The Morgan fingerprint density at radius 1 is 1.45 bits per heavy atom. The van der Waals surface area contributed by atoms with E-state index in [2.05, 4.69) is 10.3 Å². The van der Waals surface area contributed by atoms with Crippen LogP contribution in [-0.2, 0) is 24.1 Å². The van der Waals surface area contributed by atoms with Crippen LogP contribution < -0.4 is 11.1 Å². The molecule has 0 fully saturated rings. The number of hydrogen-bond donors (Lipinski definition) is 2.